The summed E-state index contributed by atoms with van der Waals surface area (Å²) in [6.45, 7) is 1.79. The van der Waals surface area contributed by atoms with Gasteiger partial charge < -0.3 is 0 Å². The van der Waals surface area contributed by atoms with Crippen LogP contribution in [0.1, 0.15) is 6.92 Å². The molecule has 0 bridgehead atoms. The summed E-state index contributed by atoms with van der Waals surface area (Å²) in [5.41, 5.74) is 0. The molecule has 0 fully saturated rings. The van der Waals surface area contributed by atoms with Crippen LogP contribution in [0.4, 0.5) is 0 Å². The third kappa shape index (κ3) is 3.24. The molecule has 0 aliphatic heterocycles. The van der Waals surface area contributed by atoms with Gasteiger partial charge in [-0.25, -0.2) is 5.75 Å². The molecule has 0 aromatic heterocycles. The SMILES string of the molecule is C[CH-]S(=O)c1ccccc1.[Li+]. The smallest absolute Gasteiger partial charge is 0.289 e. The third-order valence-electron chi connectivity index (χ3n) is 1.19. The Kier molecular flexibility index (Phi) is 5.58. The van der Waals surface area contributed by atoms with Crippen molar-refractivity contribution < 1.29 is 23.1 Å². The Morgan fingerprint density at radius 2 is 1.82 bits per heavy atom. The van der Waals surface area contributed by atoms with E-state index in [1.54, 1.807) is 12.7 Å². The molecule has 0 heterocycles. The molecule has 3 heteroatoms. The van der Waals surface area contributed by atoms with E-state index in [1.165, 1.54) is 0 Å². The van der Waals surface area contributed by atoms with Gasteiger partial charge in [-0.05, 0) is 12.1 Å². The van der Waals surface area contributed by atoms with E-state index >= 15 is 0 Å². The van der Waals surface area contributed by atoms with Gasteiger partial charge in [0.15, 0.2) is 0 Å². The maximum atomic E-state index is 11.1. The molecule has 0 amide bonds. The number of benzene rings is 1. The first-order chi connectivity index (χ1) is 4.84. The second kappa shape index (κ2) is 5.60. The summed E-state index contributed by atoms with van der Waals surface area (Å²) in [7, 11) is -0.915. The van der Waals surface area contributed by atoms with Crippen LogP contribution in [0.3, 0.4) is 0 Å². The Morgan fingerprint density at radius 1 is 1.27 bits per heavy atom. The normalized spacial score (nSPS) is 11.7. The fourth-order valence-corrected chi connectivity index (χ4v) is 1.39. The molecule has 1 aromatic carbocycles. The molecule has 0 aliphatic rings. The van der Waals surface area contributed by atoms with Crippen LogP contribution in [0.25, 0.3) is 0 Å². The summed E-state index contributed by atoms with van der Waals surface area (Å²) in [6.07, 6.45) is 0. The standard InChI is InChI=1S/C8H9OS.Li/c1-2-10(9)8-6-4-3-5-7-8;/h2-7H,1H3;/q-1;+1. The van der Waals surface area contributed by atoms with E-state index in [-0.39, 0.29) is 18.9 Å². The number of hydrogen-bond donors (Lipinski definition) is 0. The van der Waals surface area contributed by atoms with E-state index in [2.05, 4.69) is 0 Å². The fraction of sp³-hybridized carbons (Fsp3) is 0.125. The van der Waals surface area contributed by atoms with Gasteiger partial charge in [0.25, 0.3) is 0 Å². The number of hydrogen-bond acceptors (Lipinski definition) is 1. The van der Waals surface area contributed by atoms with Crippen LogP contribution in [0.15, 0.2) is 35.2 Å². The van der Waals surface area contributed by atoms with Gasteiger partial charge in [-0.2, -0.15) is 6.92 Å². The second-order valence-corrected chi connectivity index (χ2v) is 3.38. The minimum absolute atomic E-state index is 0. The maximum absolute atomic E-state index is 11.1. The minimum atomic E-state index is -0.915. The molecule has 0 saturated carbocycles. The van der Waals surface area contributed by atoms with Crippen molar-refractivity contribution >= 4 is 10.8 Å². The molecular weight excluding hydrogens is 151 g/mol. The van der Waals surface area contributed by atoms with Crippen LogP contribution >= 0.6 is 0 Å². The topological polar surface area (TPSA) is 17.1 Å². The van der Waals surface area contributed by atoms with Crippen molar-refractivity contribution in [2.24, 2.45) is 0 Å². The first kappa shape index (κ1) is 11.0. The minimum Gasteiger partial charge on any atom is -0.289 e. The van der Waals surface area contributed by atoms with Crippen LogP contribution in [0.2, 0.25) is 0 Å². The van der Waals surface area contributed by atoms with Crippen molar-refractivity contribution in [2.45, 2.75) is 11.8 Å². The molecule has 0 aliphatic carbocycles. The zero-order valence-corrected chi connectivity index (χ0v) is 7.60. The van der Waals surface area contributed by atoms with Gasteiger partial charge in [0.05, 0.1) is 0 Å². The van der Waals surface area contributed by atoms with Gasteiger partial charge in [-0.1, -0.05) is 18.2 Å². The van der Waals surface area contributed by atoms with Crippen LogP contribution in [-0.4, -0.2) is 4.21 Å². The third-order valence-corrected chi connectivity index (χ3v) is 2.35. The van der Waals surface area contributed by atoms with E-state index in [1.807, 2.05) is 30.3 Å². The predicted molar refractivity (Wildman–Crippen MR) is 42.8 cm³/mol. The Balaban J connectivity index is 0.000001000. The van der Waals surface area contributed by atoms with Crippen molar-refractivity contribution in [3.05, 3.63) is 36.1 Å². The molecule has 1 atom stereocenters. The van der Waals surface area contributed by atoms with Gasteiger partial charge in [0.2, 0.25) is 0 Å². The zero-order valence-electron chi connectivity index (χ0n) is 6.78. The molecule has 1 nitrogen and oxygen atoms in total. The Morgan fingerprint density at radius 3 is 2.27 bits per heavy atom. The van der Waals surface area contributed by atoms with Gasteiger partial charge in [-0.15, -0.1) is 10.8 Å². The molecule has 0 N–H and O–H groups in total. The summed E-state index contributed by atoms with van der Waals surface area (Å²) in [6, 6.07) is 9.40. The Hall–Kier alpha value is -0.0326. The van der Waals surface area contributed by atoms with Crippen molar-refractivity contribution in [3.63, 3.8) is 0 Å². The molecule has 0 spiro atoms. The second-order valence-electron chi connectivity index (χ2n) is 1.85. The van der Waals surface area contributed by atoms with Gasteiger partial charge in [0, 0.05) is 4.90 Å². The monoisotopic (exact) mass is 160 g/mol. The van der Waals surface area contributed by atoms with Crippen molar-refractivity contribution in [2.75, 3.05) is 0 Å². The summed E-state index contributed by atoms with van der Waals surface area (Å²) in [5.74, 6) is 1.68. The average Bonchev–Trinajstić information content (AvgIpc) is 2.05. The van der Waals surface area contributed by atoms with E-state index in [9.17, 15) is 4.21 Å². The molecule has 11 heavy (non-hydrogen) atoms. The summed E-state index contributed by atoms with van der Waals surface area (Å²) < 4.78 is 11.1. The van der Waals surface area contributed by atoms with E-state index in [4.69, 9.17) is 0 Å². The molecular formula is C8H9LiOS. The average molecular weight is 160 g/mol. The predicted octanol–water partition coefficient (Wildman–Crippen LogP) is -1.02. The van der Waals surface area contributed by atoms with Crippen LogP contribution in [-0.2, 0) is 10.8 Å². The van der Waals surface area contributed by atoms with Gasteiger partial charge >= 0.3 is 18.9 Å². The zero-order chi connectivity index (χ0) is 7.40. The first-order valence-corrected chi connectivity index (χ1v) is 4.31. The van der Waals surface area contributed by atoms with E-state index < -0.39 is 10.8 Å². The Bertz CT molecular complexity index is 223. The Labute approximate surface area is 81.8 Å². The molecule has 0 radical (unpaired) electrons. The molecule has 1 unspecified atom stereocenters. The van der Waals surface area contributed by atoms with E-state index in [0.29, 0.717) is 0 Å². The van der Waals surface area contributed by atoms with Gasteiger partial charge in [0.1, 0.15) is 0 Å². The molecule has 0 saturated heterocycles. The first-order valence-electron chi connectivity index (χ1n) is 3.09. The molecule has 1 rings (SSSR count). The van der Waals surface area contributed by atoms with Crippen molar-refractivity contribution in [1.82, 2.24) is 0 Å². The number of rotatable bonds is 2. The van der Waals surface area contributed by atoms with E-state index in [0.717, 1.165) is 4.90 Å². The van der Waals surface area contributed by atoms with Crippen molar-refractivity contribution in [3.8, 4) is 0 Å². The van der Waals surface area contributed by atoms with Crippen molar-refractivity contribution in [1.29, 1.82) is 0 Å². The molecule has 1 aromatic rings. The van der Waals surface area contributed by atoms with Crippen LogP contribution in [0, 0.1) is 5.75 Å². The van der Waals surface area contributed by atoms with Gasteiger partial charge in [-0.3, -0.25) is 4.21 Å². The largest absolute Gasteiger partial charge is 1.00 e. The fourth-order valence-electron chi connectivity index (χ4n) is 0.691. The van der Waals surface area contributed by atoms with Crippen LogP contribution in [0.5, 0.6) is 0 Å². The molecule has 54 valence electrons. The maximum Gasteiger partial charge on any atom is 1.00 e. The quantitative estimate of drug-likeness (QED) is 0.400. The summed E-state index contributed by atoms with van der Waals surface area (Å²) in [5, 5.41) is 0. The summed E-state index contributed by atoms with van der Waals surface area (Å²) >= 11 is 0. The summed E-state index contributed by atoms with van der Waals surface area (Å²) in [4.78, 5) is 0.866. The van der Waals surface area contributed by atoms with Crippen LogP contribution < -0.4 is 18.9 Å².